The Morgan fingerprint density at radius 1 is 1.44 bits per heavy atom. The summed E-state index contributed by atoms with van der Waals surface area (Å²) in [5.74, 6) is 0. The van der Waals surface area contributed by atoms with Crippen LogP contribution in [0.4, 0.5) is 5.69 Å². The zero-order chi connectivity index (χ0) is 13.1. The maximum absolute atomic E-state index is 10.1. The molecule has 0 saturated carbocycles. The predicted octanol–water partition coefficient (Wildman–Crippen LogP) is 2.32. The maximum atomic E-state index is 10.1. The summed E-state index contributed by atoms with van der Waals surface area (Å²) in [6.07, 6.45) is 2.51. The van der Waals surface area contributed by atoms with E-state index in [0.717, 1.165) is 17.7 Å². The van der Waals surface area contributed by atoms with Gasteiger partial charge in [0.25, 0.3) is 0 Å². The summed E-state index contributed by atoms with van der Waals surface area (Å²) in [7, 11) is 1.89. The molecular weight excluding hydrogens is 250 g/mol. The fourth-order valence-corrected chi connectivity index (χ4v) is 2.12. The molecular formula is C13H16ClN3O. The van der Waals surface area contributed by atoms with Crippen molar-refractivity contribution in [2.75, 3.05) is 5.73 Å². The van der Waals surface area contributed by atoms with Gasteiger partial charge in [0.1, 0.15) is 0 Å². The largest absolute Gasteiger partial charge is 0.398 e. The quantitative estimate of drug-likeness (QED) is 0.834. The minimum absolute atomic E-state index is 0.528. The SMILES string of the molecule is Cn1nccc1CCC(O)c1ccc(Cl)cc1N. The van der Waals surface area contributed by atoms with E-state index < -0.39 is 6.10 Å². The molecule has 0 saturated heterocycles. The van der Waals surface area contributed by atoms with Crippen molar-refractivity contribution >= 4 is 17.3 Å². The van der Waals surface area contributed by atoms with Crippen molar-refractivity contribution < 1.29 is 5.11 Å². The monoisotopic (exact) mass is 265 g/mol. The average molecular weight is 266 g/mol. The molecule has 1 unspecified atom stereocenters. The molecule has 0 radical (unpaired) electrons. The molecule has 2 rings (SSSR count). The second-order valence-corrected chi connectivity index (χ2v) is 4.71. The lowest BCUT2D eigenvalue weighted by Crippen LogP contribution is -2.05. The first-order chi connectivity index (χ1) is 8.58. The van der Waals surface area contributed by atoms with Crippen LogP contribution in [0, 0.1) is 0 Å². The number of nitrogen functional groups attached to an aromatic ring is 1. The van der Waals surface area contributed by atoms with Crippen LogP contribution in [0.25, 0.3) is 0 Å². The third kappa shape index (κ3) is 2.83. The Hall–Kier alpha value is -1.52. The van der Waals surface area contributed by atoms with E-state index in [0.29, 0.717) is 17.1 Å². The first-order valence-corrected chi connectivity index (χ1v) is 6.15. The average Bonchev–Trinajstić information content (AvgIpc) is 2.72. The van der Waals surface area contributed by atoms with Crippen LogP contribution in [0.1, 0.15) is 23.8 Å². The number of aromatic nitrogens is 2. The number of aliphatic hydroxyl groups excluding tert-OH is 1. The standard InChI is InChI=1S/C13H16ClN3O/c1-17-10(6-7-16-17)3-5-13(18)11-4-2-9(14)8-12(11)15/h2,4,6-8,13,18H,3,5,15H2,1H3. The van der Waals surface area contributed by atoms with E-state index in [1.807, 2.05) is 13.1 Å². The number of benzene rings is 1. The van der Waals surface area contributed by atoms with E-state index in [4.69, 9.17) is 17.3 Å². The number of nitrogens with two attached hydrogens (primary N) is 1. The molecule has 1 atom stereocenters. The molecule has 1 aromatic heterocycles. The minimum atomic E-state index is -0.586. The summed E-state index contributed by atoms with van der Waals surface area (Å²) in [4.78, 5) is 0. The van der Waals surface area contributed by atoms with Gasteiger partial charge in [-0.05, 0) is 31.0 Å². The van der Waals surface area contributed by atoms with Crippen LogP contribution in [0.15, 0.2) is 30.5 Å². The first-order valence-electron chi connectivity index (χ1n) is 5.78. The third-order valence-electron chi connectivity index (χ3n) is 3.00. The normalized spacial score (nSPS) is 12.6. The number of halogens is 1. The molecule has 1 aromatic carbocycles. The highest BCUT2D eigenvalue weighted by Gasteiger charge is 2.12. The Morgan fingerprint density at radius 3 is 2.83 bits per heavy atom. The summed E-state index contributed by atoms with van der Waals surface area (Å²) in [6, 6.07) is 7.11. The summed E-state index contributed by atoms with van der Waals surface area (Å²) < 4.78 is 1.80. The number of hydrogen-bond acceptors (Lipinski definition) is 3. The number of hydrogen-bond donors (Lipinski definition) is 2. The number of aliphatic hydroxyl groups is 1. The molecule has 0 bridgehead atoms. The van der Waals surface area contributed by atoms with E-state index in [-0.39, 0.29) is 0 Å². The molecule has 0 fully saturated rings. The Kier molecular flexibility index (Phi) is 3.89. The second-order valence-electron chi connectivity index (χ2n) is 4.27. The van der Waals surface area contributed by atoms with Gasteiger partial charge in [-0.15, -0.1) is 0 Å². The third-order valence-corrected chi connectivity index (χ3v) is 3.24. The van der Waals surface area contributed by atoms with Gasteiger partial charge in [-0.25, -0.2) is 0 Å². The maximum Gasteiger partial charge on any atom is 0.0813 e. The van der Waals surface area contributed by atoms with Crippen LogP contribution >= 0.6 is 11.6 Å². The molecule has 3 N–H and O–H groups in total. The first kappa shape index (κ1) is 12.9. The van der Waals surface area contributed by atoms with Crippen molar-refractivity contribution in [3.05, 3.63) is 46.7 Å². The van der Waals surface area contributed by atoms with Gasteiger partial charge >= 0.3 is 0 Å². The zero-order valence-corrected chi connectivity index (χ0v) is 10.9. The van der Waals surface area contributed by atoms with E-state index in [2.05, 4.69) is 5.10 Å². The van der Waals surface area contributed by atoms with E-state index in [1.54, 1.807) is 29.1 Å². The lowest BCUT2D eigenvalue weighted by Gasteiger charge is -2.13. The molecule has 0 aliphatic rings. The van der Waals surface area contributed by atoms with Crippen molar-refractivity contribution in [1.29, 1.82) is 0 Å². The van der Waals surface area contributed by atoms with Gasteiger partial charge in [0.2, 0.25) is 0 Å². The highest BCUT2D eigenvalue weighted by molar-refractivity contribution is 6.30. The summed E-state index contributed by atoms with van der Waals surface area (Å²) >= 11 is 5.83. The fraction of sp³-hybridized carbons (Fsp3) is 0.308. The van der Waals surface area contributed by atoms with Gasteiger partial charge in [0, 0.05) is 35.2 Å². The van der Waals surface area contributed by atoms with Crippen LogP contribution in [-0.2, 0) is 13.5 Å². The van der Waals surface area contributed by atoms with Gasteiger partial charge in [-0.3, -0.25) is 4.68 Å². The number of anilines is 1. The van der Waals surface area contributed by atoms with Crippen molar-refractivity contribution in [2.24, 2.45) is 7.05 Å². The minimum Gasteiger partial charge on any atom is -0.398 e. The Bertz CT molecular complexity index is 539. The molecule has 96 valence electrons. The highest BCUT2D eigenvalue weighted by Crippen LogP contribution is 2.26. The summed E-state index contributed by atoms with van der Waals surface area (Å²) in [5.41, 5.74) is 8.18. The number of nitrogens with zero attached hydrogens (tertiary/aromatic N) is 2. The Labute approximate surface area is 111 Å². The molecule has 1 heterocycles. The number of rotatable bonds is 4. The Morgan fingerprint density at radius 2 is 2.22 bits per heavy atom. The second kappa shape index (κ2) is 5.42. The Balaban J connectivity index is 2.03. The van der Waals surface area contributed by atoms with Gasteiger partial charge in [0.05, 0.1) is 6.10 Å². The fourth-order valence-electron chi connectivity index (χ4n) is 1.94. The highest BCUT2D eigenvalue weighted by atomic mass is 35.5. The summed E-state index contributed by atoms with van der Waals surface area (Å²) in [6.45, 7) is 0. The molecule has 0 spiro atoms. The lowest BCUT2D eigenvalue weighted by atomic mass is 10.0. The predicted molar refractivity (Wildman–Crippen MR) is 72.4 cm³/mol. The zero-order valence-electron chi connectivity index (χ0n) is 10.2. The van der Waals surface area contributed by atoms with Crippen LogP contribution < -0.4 is 5.73 Å². The molecule has 0 aliphatic carbocycles. The van der Waals surface area contributed by atoms with E-state index in [9.17, 15) is 5.11 Å². The van der Waals surface area contributed by atoms with Gasteiger partial charge in [-0.2, -0.15) is 5.10 Å². The van der Waals surface area contributed by atoms with Gasteiger partial charge in [0.15, 0.2) is 0 Å². The van der Waals surface area contributed by atoms with Crippen molar-refractivity contribution in [3.8, 4) is 0 Å². The van der Waals surface area contributed by atoms with Crippen LogP contribution in [0.2, 0.25) is 5.02 Å². The smallest absolute Gasteiger partial charge is 0.0813 e. The van der Waals surface area contributed by atoms with E-state index >= 15 is 0 Å². The molecule has 2 aromatic rings. The van der Waals surface area contributed by atoms with Crippen molar-refractivity contribution in [3.63, 3.8) is 0 Å². The lowest BCUT2D eigenvalue weighted by molar-refractivity contribution is 0.168. The van der Waals surface area contributed by atoms with E-state index in [1.165, 1.54) is 0 Å². The van der Waals surface area contributed by atoms with Gasteiger partial charge < -0.3 is 10.8 Å². The molecule has 18 heavy (non-hydrogen) atoms. The topological polar surface area (TPSA) is 64.1 Å². The van der Waals surface area contributed by atoms with Crippen molar-refractivity contribution in [2.45, 2.75) is 18.9 Å². The molecule has 0 aliphatic heterocycles. The molecule has 0 amide bonds. The molecule has 4 nitrogen and oxygen atoms in total. The van der Waals surface area contributed by atoms with Crippen LogP contribution in [0.5, 0.6) is 0 Å². The molecule has 5 heteroatoms. The summed E-state index contributed by atoms with van der Waals surface area (Å²) in [5, 5.41) is 14.8. The van der Waals surface area contributed by atoms with Crippen LogP contribution in [0.3, 0.4) is 0 Å². The van der Waals surface area contributed by atoms with Gasteiger partial charge in [-0.1, -0.05) is 17.7 Å². The van der Waals surface area contributed by atoms with Crippen molar-refractivity contribution in [1.82, 2.24) is 9.78 Å². The van der Waals surface area contributed by atoms with Crippen LogP contribution in [-0.4, -0.2) is 14.9 Å². The number of aryl methyl sites for hydroxylation is 2.